The first-order valence-corrected chi connectivity index (χ1v) is 12.9. The highest BCUT2D eigenvalue weighted by molar-refractivity contribution is 6.02. The third kappa shape index (κ3) is 5.36. The largest absolute Gasteiger partial charge is 0.381 e. The molecule has 202 valence electrons. The van der Waals surface area contributed by atoms with E-state index in [0.717, 1.165) is 62.6 Å². The van der Waals surface area contributed by atoms with Crippen LogP contribution in [-0.2, 0) is 16.8 Å². The van der Waals surface area contributed by atoms with E-state index in [2.05, 4.69) is 32.3 Å². The maximum Gasteiger partial charge on any atom is 0.321 e. The molecule has 1 atom stereocenters. The fourth-order valence-corrected chi connectivity index (χ4v) is 5.70. The fourth-order valence-electron chi connectivity index (χ4n) is 5.70. The SMILES string of the molecule is C.Cc1cccc(C(=O)Nc2n[nH]c3c2CN(C(=O)N2CCN(CC4CCOCC4)C[C@@H]2C)C3(C)C)n1. The first-order valence-electron chi connectivity index (χ1n) is 12.9. The molecule has 2 aromatic rings. The van der Waals surface area contributed by atoms with Crippen LogP contribution in [0.5, 0.6) is 0 Å². The number of hydrogen-bond donors (Lipinski definition) is 2. The monoisotopic (exact) mass is 511 g/mol. The standard InChI is InChI=1S/C26H37N7O3.CH4/c1-17-6-5-7-21(27-17)24(34)28-23-20-16-33(26(3,4)22(20)29-30-23)25(35)32-11-10-31(14-18(32)2)15-19-8-12-36-13-9-19;/h5-7,18-19H,8-16H2,1-4H3,(H2,28,29,30,34);1H4/t18-;/m0./s1. The minimum Gasteiger partial charge on any atom is -0.381 e. The molecule has 0 aromatic carbocycles. The molecule has 2 fully saturated rings. The molecule has 2 aromatic heterocycles. The van der Waals surface area contributed by atoms with E-state index in [4.69, 9.17) is 4.74 Å². The van der Waals surface area contributed by atoms with E-state index in [-0.39, 0.29) is 25.4 Å². The molecule has 3 aliphatic heterocycles. The number of piperazine rings is 1. The predicted octanol–water partition coefficient (Wildman–Crippen LogP) is 3.60. The van der Waals surface area contributed by atoms with Crippen molar-refractivity contribution < 1.29 is 14.3 Å². The number of carbonyl (C=O) groups excluding carboxylic acids is 2. The van der Waals surface area contributed by atoms with Crippen molar-refractivity contribution in [2.75, 3.05) is 44.7 Å². The summed E-state index contributed by atoms with van der Waals surface area (Å²) in [6.07, 6.45) is 2.25. The minimum absolute atomic E-state index is 0. The smallest absolute Gasteiger partial charge is 0.321 e. The van der Waals surface area contributed by atoms with Crippen molar-refractivity contribution in [1.82, 2.24) is 29.9 Å². The van der Waals surface area contributed by atoms with Gasteiger partial charge >= 0.3 is 6.03 Å². The Morgan fingerprint density at radius 1 is 1.22 bits per heavy atom. The van der Waals surface area contributed by atoms with Crippen LogP contribution in [0.3, 0.4) is 0 Å². The average Bonchev–Trinajstić information content (AvgIpc) is 3.37. The normalized spacial score (nSPS) is 21.9. The van der Waals surface area contributed by atoms with Gasteiger partial charge in [0.2, 0.25) is 0 Å². The Kier molecular flexibility index (Phi) is 7.89. The number of urea groups is 1. The van der Waals surface area contributed by atoms with Gasteiger partial charge in [-0.2, -0.15) is 5.10 Å². The average molecular weight is 512 g/mol. The van der Waals surface area contributed by atoms with Crippen LogP contribution >= 0.6 is 0 Å². The Hall–Kier alpha value is -2.98. The molecule has 2 N–H and O–H groups in total. The molecule has 37 heavy (non-hydrogen) atoms. The summed E-state index contributed by atoms with van der Waals surface area (Å²) < 4.78 is 5.50. The number of rotatable bonds is 4. The number of pyridine rings is 1. The summed E-state index contributed by atoms with van der Waals surface area (Å²) in [6.45, 7) is 13.7. The number of carbonyl (C=O) groups is 2. The Labute approximate surface area is 219 Å². The van der Waals surface area contributed by atoms with Crippen molar-refractivity contribution in [1.29, 1.82) is 0 Å². The molecule has 3 aliphatic rings. The number of nitrogens with zero attached hydrogens (tertiary/aromatic N) is 5. The van der Waals surface area contributed by atoms with Gasteiger partial charge in [0.25, 0.3) is 5.91 Å². The van der Waals surface area contributed by atoms with Gasteiger partial charge in [-0.15, -0.1) is 0 Å². The third-order valence-corrected chi connectivity index (χ3v) is 7.87. The molecular formula is C27H41N7O3. The predicted molar refractivity (Wildman–Crippen MR) is 142 cm³/mol. The number of nitrogens with one attached hydrogen (secondary N) is 2. The highest BCUT2D eigenvalue weighted by atomic mass is 16.5. The van der Waals surface area contributed by atoms with E-state index in [1.165, 1.54) is 0 Å². The van der Waals surface area contributed by atoms with Gasteiger partial charge in [0.05, 0.1) is 17.8 Å². The van der Waals surface area contributed by atoms with Crippen LogP contribution in [0.1, 0.15) is 68.5 Å². The van der Waals surface area contributed by atoms with Gasteiger partial charge in [-0.05, 0) is 58.6 Å². The number of fused-ring (bicyclic) bond motifs is 1. The molecule has 0 bridgehead atoms. The zero-order valence-electron chi connectivity index (χ0n) is 21.7. The number of amides is 3. The fraction of sp³-hybridized carbons (Fsp3) is 0.630. The first kappa shape index (κ1) is 27.1. The lowest BCUT2D eigenvalue weighted by molar-refractivity contribution is 0.0290. The van der Waals surface area contributed by atoms with E-state index < -0.39 is 5.54 Å². The van der Waals surface area contributed by atoms with Crippen LogP contribution in [0.2, 0.25) is 0 Å². The van der Waals surface area contributed by atoms with Crippen molar-refractivity contribution in [2.24, 2.45) is 5.92 Å². The van der Waals surface area contributed by atoms with Crippen molar-refractivity contribution in [2.45, 2.75) is 66.1 Å². The summed E-state index contributed by atoms with van der Waals surface area (Å²) in [7, 11) is 0. The number of aryl methyl sites for hydroxylation is 1. The molecular weight excluding hydrogens is 470 g/mol. The number of anilines is 1. The lowest BCUT2D eigenvalue weighted by atomic mass is 9.99. The summed E-state index contributed by atoms with van der Waals surface area (Å²) in [5.41, 5.74) is 2.25. The lowest BCUT2D eigenvalue weighted by Crippen LogP contribution is -2.59. The number of aromatic nitrogens is 3. The van der Waals surface area contributed by atoms with Gasteiger partial charge in [0.1, 0.15) is 5.69 Å². The number of ether oxygens (including phenoxy) is 1. The molecule has 0 unspecified atom stereocenters. The zero-order valence-corrected chi connectivity index (χ0v) is 21.7. The molecule has 5 rings (SSSR count). The van der Waals surface area contributed by atoms with E-state index in [0.29, 0.717) is 30.5 Å². The molecule has 0 saturated carbocycles. The first-order chi connectivity index (χ1) is 17.2. The lowest BCUT2D eigenvalue weighted by Gasteiger charge is -2.44. The Balaban J connectivity index is 0.00000320. The van der Waals surface area contributed by atoms with E-state index in [1.54, 1.807) is 12.1 Å². The quantitative estimate of drug-likeness (QED) is 0.650. The maximum absolute atomic E-state index is 13.8. The summed E-state index contributed by atoms with van der Waals surface area (Å²) in [6, 6.07) is 5.49. The Bertz CT molecular complexity index is 1120. The summed E-state index contributed by atoms with van der Waals surface area (Å²) in [4.78, 5) is 37.2. The van der Waals surface area contributed by atoms with Crippen LogP contribution in [0.4, 0.5) is 10.6 Å². The number of aromatic amines is 1. The van der Waals surface area contributed by atoms with Gasteiger partial charge < -0.3 is 19.9 Å². The summed E-state index contributed by atoms with van der Waals surface area (Å²) >= 11 is 0. The molecule has 10 heteroatoms. The molecule has 5 heterocycles. The van der Waals surface area contributed by atoms with E-state index >= 15 is 0 Å². The molecule has 0 radical (unpaired) electrons. The topological polar surface area (TPSA) is 107 Å². The summed E-state index contributed by atoms with van der Waals surface area (Å²) in [5, 5.41) is 10.3. The van der Waals surface area contributed by atoms with Crippen molar-refractivity contribution in [3.63, 3.8) is 0 Å². The van der Waals surface area contributed by atoms with Crippen LogP contribution in [0, 0.1) is 12.8 Å². The van der Waals surface area contributed by atoms with Crippen molar-refractivity contribution in [3.8, 4) is 0 Å². The highest BCUT2D eigenvalue weighted by Crippen LogP contribution is 2.41. The molecule has 10 nitrogen and oxygen atoms in total. The number of hydrogen-bond acceptors (Lipinski definition) is 6. The maximum atomic E-state index is 13.8. The van der Waals surface area contributed by atoms with Gasteiger partial charge in [-0.3, -0.25) is 14.8 Å². The third-order valence-electron chi connectivity index (χ3n) is 7.87. The second-order valence-electron chi connectivity index (χ2n) is 10.8. The van der Waals surface area contributed by atoms with Gasteiger partial charge in [-0.1, -0.05) is 13.5 Å². The van der Waals surface area contributed by atoms with E-state index in [1.807, 2.05) is 36.6 Å². The minimum atomic E-state index is -0.567. The summed E-state index contributed by atoms with van der Waals surface area (Å²) in [5.74, 6) is 0.827. The Morgan fingerprint density at radius 3 is 2.68 bits per heavy atom. The van der Waals surface area contributed by atoms with Gasteiger partial charge in [0, 0.05) is 56.7 Å². The van der Waals surface area contributed by atoms with E-state index in [9.17, 15) is 9.59 Å². The molecule has 0 spiro atoms. The van der Waals surface area contributed by atoms with Crippen LogP contribution in [0.15, 0.2) is 18.2 Å². The highest BCUT2D eigenvalue weighted by Gasteiger charge is 2.46. The van der Waals surface area contributed by atoms with Crippen molar-refractivity contribution in [3.05, 3.63) is 40.8 Å². The van der Waals surface area contributed by atoms with Crippen molar-refractivity contribution >= 4 is 17.8 Å². The molecule has 3 amide bonds. The molecule has 2 saturated heterocycles. The van der Waals surface area contributed by atoms with Gasteiger partial charge in [-0.25, -0.2) is 9.78 Å². The second kappa shape index (κ2) is 10.8. The van der Waals surface area contributed by atoms with Gasteiger partial charge in [0.15, 0.2) is 5.82 Å². The number of H-pyrrole nitrogens is 1. The molecule has 0 aliphatic carbocycles. The zero-order chi connectivity index (χ0) is 25.4. The van der Waals surface area contributed by atoms with Crippen LogP contribution in [0.25, 0.3) is 0 Å². The van der Waals surface area contributed by atoms with Crippen LogP contribution < -0.4 is 5.32 Å². The Morgan fingerprint density at radius 2 is 1.97 bits per heavy atom. The second-order valence-corrected chi connectivity index (χ2v) is 10.8. The van der Waals surface area contributed by atoms with Crippen LogP contribution in [-0.4, -0.2) is 87.3 Å².